The van der Waals surface area contributed by atoms with Crippen molar-refractivity contribution in [2.45, 2.75) is 24.9 Å². The number of hydrogen-bond donors (Lipinski definition) is 2. The molecule has 2 aliphatic rings. The number of piperidine rings is 1. The van der Waals surface area contributed by atoms with E-state index in [0.29, 0.717) is 23.5 Å². The molecule has 2 fully saturated rings. The SMILES string of the molecule is CN1CCCC2[C@H]1CN2C(=O)c1n[nH]c2ccc(N)cc12. The molecule has 0 radical (unpaired) electrons. The first kappa shape index (κ1) is 12.6. The summed E-state index contributed by atoms with van der Waals surface area (Å²) in [4.78, 5) is 17.1. The van der Waals surface area contributed by atoms with Crippen molar-refractivity contribution < 1.29 is 4.79 Å². The topological polar surface area (TPSA) is 78.2 Å². The maximum atomic E-state index is 12.8. The molecule has 1 aromatic heterocycles. The molecule has 21 heavy (non-hydrogen) atoms. The molecule has 6 nitrogen and oxygen atoms in total. The monoisotopic (exact) mass is 285 g/mol. The molecule has 110 valence electrons. The van der Waals surface area contributed by atoms with E-state index in [2.05, 4.69) is 22.1 Å². The van der Waals surface area contributed by atoms with E-state index in [1.54, 1.807) is 0 Å². The fraction of sp³-hybridized carbons (Fsp3) is 0.467. The molecule has 2 aromatic rings. The number of rotatable bonds is 1. The molecular weight excluding hydrogens is 266 g/mol. The zero-order valence-corrected chi connectivity index (χ0v) is 12.0. The van der Waals surface area contributed by atoms with Gasteiger partial charge in [0, 0.05) is 29.7 Å². The first-order valence-corrected chi connectivity index (χ1v) is 7.40. The van der Waals surface area contributed by atoms with E-state index in [9.17, 15) is 4.79 Å². The third kappa shape index (κ3) is 1.82. The molecule has 0 spiro atoms. The molecule has 2 saturated heterocycles. The van der Waals surface area contributed by atoms with Gasteiger partial charge in [0.1, 0.15) is 0 Å². The summed E-state index contributed by atoms with van der Waals surface area (Å²) in [6.07, 6.45) is 2.24. The van der Waals surface area contributed by atoms with Crippen LogP contribution in [0, 0.1) is 0 Å². The van der Waals surface area contributed by atoms with E-state index in [0.717, 1.165) is 36.8 Å². The number of aromatic amines is 1. The molecule has 6 heteroatoms. The second kappa shape index (κ2) is 4.46. The van der Waals surface area contributed by atoms with Gasteiger partial charge in [-0.05, 0) is 44.6 Å². The predicted molar refractivity (Wildman–Crippen MR) is 81.0 cm³/mol. The number of nitrogens with one attached hydrogen (secondary N) is 1. The number of hydrogen-bond acceptors (Lipinski definition) is 4. The Morgan fingerprint density at radius 1 is 1.43 bits per heavy atom. The summed E-state index contributed by atoms with van der Waals surface area (Å²) in [5.74, 6) is 0.0170. The summed E-state index contributed by atoms with van der Waals surface area (Å²) in [6.45, 7) is 1.93. The molecule has 0 aliphatic carbocycles. The van der Waals surface area contributed by atoms with E-state index < -0.39 is 0 Å². The maximum absolute atomic E-state index is 12.8. The maximum Gasteiger partial charge on any atom is 0.275 e. The molecule has 2 atom stereocenters. The van der Waals surface area contributed by atoms with Crippen molar-refractivity contribution in [3.63, 3.8) is 0 Å². The number of H-pyrrole nitrogens is 1. The van der Waals surface area contributed by atoms with Gasteiger partial charge in [0.15, 0.2) is 5.69 Å². The van der Waals surface area contributed by atoms with Crippen LogP contribution in [0.3, 0.4) is 0 Å². The summed E-state index contributed by atoms with van der Waals surface area (Å²) in [6, 6.07) is 6.34. The summed E-state index contributed by atoms with van der Waals surface area (Å²) in [5.41, 5.74) is 7.82. The van der Waals surface area contributed by atoms with E-state index in [1.807, 2.05) is 23.1 Å². The summed E-state index contributed by atoms with van der Waals surface area (Å²) >= 11 is 0. The van der Waals surface area contributed by atoms with Crippen molar-refractivity contribution >= 4 is 22.5 Å². The van der Waals surface area contributed by atoms with Crippen molar-refractivity contribution in [1.29, 1.82) is 0 Å². The molecular formula is C15H19N5O. The lowest BCUT2D eigenvalue weighted by atomic mass is 9.86. The molecule has 0 bridgehead atoms. The van der Waals surface area contributed by atoms with Gasteiger partial charge in [0.2, 0.25) is 0 Å². The number of anilines is 1. The normalized spacial score (nSPS) is 25.7. The van der Waals surface area contributed by atoms with Crippen LogP contribution >= 0.6 is 0 Å². The molecule has 1 unspecified atom stereocenters. The Morgan fingerprint density at radius 2 is 2.29 bits per heavy atom. The van der Waals surface area contributed by atoms with Gasteiger partial charge in [-0.3, -0.25) is 14.8 Å². The number of likely N-dealkylation sites (N-methyl/N-ethyl adjacent to an activating group) is 1. The Labute approximate surface area is 122 Å². The van der Waals surface area contributed by atoms with Gasteiger partial charge in [0.05, 0.1) is 5.52 Å². The standard InChI is InChI=1S/C15H19N5O/c1-19-6-2-3-12-13(19)8-20(12)15(21)14-10-7-9(16)4-5-11(10)17-18-14/h4-5,7,12-13H,2-3,6,8,16H2,1H3,(H,17,18)/t12?,13-/m1/s1. The second-order valence-corrected chi connectivity index (χ2v) is 6.09. The van der Waals surface area contributed by atoms with Crippen LogP contribution in [0.15, 0.2) is 18.2 Å². The molecule has 3 N–H and O–H groups in total. The first-order valence-electron chi connectivity index (χ1n) is 7.40. The molecule has 0 saturated carbocycles. The van der Waals surface area contributed by atoms with Crippen molar-refractivity contribution in [3.05, 3.63) is 23.9 Å². The summed E-state index contributed by atoms with van der Waals surface area (Å²) in [7, 11) is 2.14. The molecule has 1 amide bonds. The van der Waals surface area contributed by atoms with E-state index in [1.165, 1.54) is 0 Å². The number of fused-ring (bicyclic) bond motifs is 2. The average molecular weight is 285 g/mol. The van der Waals surface area contributed by atoms with Gasteiger partial charge < -0.3 is 10.6 Å². The van der Waals surface area contributed by atoms with Crippen LogP contribution in [0.5, 0.6) is 0 Å². The summed E-state index contributed by atoms with van der Waals surface area (Å²) < 4.78 is 0. The number of aromatic nitrogens is 2. The van der Waals surface area contributed by atoms with Gasteiger partial charge in [-0.1, -0.05) is 0 Å². The lowest BCUT2D eigenvalue weighted by molar-refractivity contribution is -0.0313. The van der Waals surface area contributed by atoms with Crippen LogP contribution in [0.25, 0.3) is 10.9 Å². The number of amides is 1. The predicted octanol–water partition coefficient (Wildman–Crippen LogP) is 1.06. The number of benzene rings is 1. The zero-order valence-electron chi connectivity index (χ0n) is 12.0. The minimum atomic E-state index is 0.0170. The summed E-state index contributed by atoms with van der Waals surface area (Å²) in [5, 5.41) is 7.94. The Balaban J connectivity index is 1.64. The van der Waals surface area contributed by atoms with Crippen molar-refractivity contribution in [1.82, 2.24) is 20.0 Å². The van der Waals surface area contributed by atoms with Gasteiger partial charge in [0.25, 0.3) is 5.91 Å². The quantitative estimate of drug-likeness (QED) is 0.768. The highest BCUT2D eigenvalue weighted by Gasteiger charge is 2.46. The third-order valence-corrected chi connectivity index (χ3v) is 4.86. The average Bonchev–Trinajstić information content (AvgIpc) is 2.84. The fourth-order valence-corrected chi connectivity index (χ4v) is 3.59. The Morgan fingerprint density at radius 3 is 3.14 bits per heavy atom. The van der Waals surface area contributed by atoms with Crippen LogP contribution in [0.2, 0.25) is 0 Å². The van der Waals surface area contributed by atoms with E-state index in [-0.39, 0.29) is 5.91 Å². The van der Waals surface area contributed by atoms with Crippen LogP contribution in [-0.2, 0) is 0 Å². The number of carbonyl (C=O) groups is 1. The first-order chi connectivity index (χ1) is 10.1. The number of nitrogen functional groups attached to an aromatic ring is 1. The molecule has 4 rings (SSSR count). The highest BCUT2D eigenvalue weighted by Crippen LogP contribution is 2.32. The largest absolute Gasteiger partial charge is 0.399 e. The van der Waals surface area contributed by atoms with Gasteiger partial charge in [-0.2, -0.15) is 5.10 Å². The number of nitrogens with two attached hydrogens (primary N) is 1. The van der Waals surface area contributed by atoms with Crippen LogP contribution in [0.4, 0.5) is 5.69 Å². The molecule has 1 aromatic carbocycles. The minimum absolute atomic E-state index is 0.0170. The molecule has 3 heterocycles. The van der Waals surface area contributed by atoms with Crippen LogP contribution in [-0.4, -0.2) is 58.1 Å². The van der Waals surface area contributed by atoms with Crippen LogP contribution in [0.1, 0.15) is 23.3 Å². The Bertz CT molecular complexity index is 709. The van der Waals surface area contributed by atoms with Crippen molar-refractivity contribution in [2.24, 2.45) is 0 Å². The second-order valence-electron chi connectivity index (χ2n) is 6.09. The lowest BCUT2D eigenvalue weighted by Crippen LogP contribution is -2.69. The van der Waals surface area contributed by atoms with E-state index in [4.69, 9.17) is 5.73 Å². The van der Waals surface area contributed by atoms with Gasteiger partial charge in [-0.25, -0.2) is 0 Å². The van der Waals surface area contributed by atoms with E-state index >= 15 is 0 Å². The van der Waals surface area contributed by atoms with Crippen molar-refractivity contribution in [3.8, 4) is 0 Å². The Kier molecular flexibility index (Phi) is 2.68. The smallest absolute Gasteiger partial charge is 0.275 e. The zero-order chi connectivity index (χ0) is 14.6. The highest BCUT2D eigenvalue weighted by molar-refractivity contribution is 6.05. The Hall–Kier alpha value is -2.08. The number of carbonyl (C=O) groups excluding carboxylic acids is 1. The van der Waals surface area contributed by atoms with Gasteiger partial charge >= 0.3 is 0 Å². The van der Waals surface area contributed by atoms with Crippen molar-refractivity contribution in [2.75, 3.05) is 25.9 Å². The highest BCUT2D eigenvalue weighted by atomic mass is 16.2. The lowest BCUT2D eigenvalue weighted by Gasteiger charge is -2.54. The van der Waals surface area contributed by atoms with Gasteiger partial charge in [-0.15, -0.1) is 0 Å². The number of likely N-dealkylation sites (tertiary alicyclic amines) is 2. The minimum Gasteiger partial charge on any atom is -0.399 e. The van der Waals surface area contributed by atoms with Crippen LogP contribution < -0.4 is 5.73 Å². The fourth-order valence-electron chi connectivity index (χ4n) is 3.59. The number of nitrogens with zero attached hydrogens (tertiary/aromatic N) is 3. The third-order valence-electron chi connectivity index (χ3n) is 4.86. The molecule has 2 aliphatic heterocycles.